The smallest absolute Gasteiger partial charge is 0.123 e. The SMILES string of the molecule is Cc1cc(C)cc(N(C)C(C)O)c1. The molecule has 72 valence electrons. The summed E-state index contributed by atoms with van der Waals surface area (Å²) in [7, 11) is 1.89. The number of aliphatic hydroxyl groups excluding tert-OH is 1. The molecule has 1 rings (SSSR count). The Hall–Kier alpha value is -1.02. The van der Waals surface area contributed by atoms with Crippen LogP contribution in [0.5, 0.6) is 0 Å². The molecule has 0 radical (unpaired) electrons. The fraction of sp³-hybridized carbons (Fsp3) is 0.455. The first-order chi connectivity index (χ1) is 6.00. The maximum Gasteiger partial charge on any atom is 0.123 e. The number of hydrogen-bond donors (Lipinski definition) is 1. The molecule has 1 unspecified atom stereocenters. The highest BCUT2D eigenvalue weighted by Crippen LogP contribution is 2.18. The van der Waals surface area contributed by atoms with Gasteiger partial charge in [-0.1, -0.05) is 6.07 Å². The lowest BCUT2D eigenvalue weighted by Gasteiger charge is -2.23. The molecule has 0 aliphatic heterocycles. The maximum absolute atomic E-state index is 9.38. The highest BCUT2D eigenvalue weighted by molar-refractivity contribution is 5.50. The van der Waals surface area contributed by atoms with Crippen molar-refractivity contribution in [3.63, 3.8) is 0 Å². The Morgan fingerprint density at radius 2 is 1.62 bits per heavy atom. The summed E-state index contributed by atoms with van der Waals surface area (Å²) in [5, 5.41) is 9.38. The second kappa shape index (κ2) is 3.79. The number of benzene rings is 1. The average molecular weight is 179 g/mol. The zero-order chi connectivity index (χ0) is 10.0. The molecular weight excluding hydrogens is 162 g/mol. The van der Waals surface area contributed by atoms with Crippen LogP contribution >= 0.6 is 0 Å². The van der Waals surface area contributed by atoms with Gasteiger partial charge in [0, 0.05) is 12.7 Å². The van der Waals surface area contributed by atoms with E-state index in [1.807, 2.05) is 11.9 Å². The quantitative estimate of drug-likeness (QED) is 0.703. The predicted octanol–water partition coefficient (Wildman–Crippen LogP) is 2.08. The molecule has 0 aromatic heterocycles. The summed E-state index contributed by atoms with van der Waals surface area (Å²) < 4.78 is 0. The molecule has 0 bridgehead atoms. The number of nitrogens with zero attached hydrogens (tertiary/aromatic N) is 1. The first-order valence-electron chi connectivity index (χ1n) is 4.50. The standard InChI is InChI=1S/C11H17NO/c1-8-5-9(2)7-11(6-8)12(4)10(3)13/h5-7,10,13H,1-4H3. The van der Waals surface area contributed by atoms with Crippen molar-refractivity contribution in [2.75, 3.05) is 11.9 Å². The van der Waals surface area contributed by atoms with Crippen LogP contribution in [0.3, 0.4) is 0 Å². The van der Waals surface area contributed by atoms with Crippen LogP contribution in [0.15, 0.2) is 18.2 Å². The highest BCUT2D eigenvalue weighted by Gasteiger charge is 2.06. The van der Waals surface area contributed by atoms with E-state index in [1.165, 1.54) is 11.1 Å². The predicted molar refractivity (Wildman–Crippen MR) is 56.0 cm³/mol. The first kappa shape index (κ1) is 10.1. The number of aryl methyl sites for hydroxylation is 2. The summed E-state index contributed by atoms with van der Waals surface area (Å²) in [5.74, 6) is 0. The third-order valence-corrected chi connectivity index (χ3v) is 2.17. The fourth-order valence-electron chi connectivity index (χ4n) is 1.37. The molecule has 0 fully saturated rings. The van der Waals surface area contributed by atoms with Crippen LogP contribution < -0.4 is 4.90 Å². The van der Waals surface area contributed by atoms with Crippen LogP contribution in [-0.2, 0) is 0 Å². The van der Waals surface area contributed by atoms with Crippen molar-refractivity contribution in [2.24, 2.45) is 0 Å². The second-order valence-corrected chi connectivity index (χ2v) is 3.59. The monoisotopic (exact) mass is 179 g/mol. The maximum atomic E-state index is 9.38. The molecule has 1 aromatic carbocycles. The van der Waals surface area contributed by atoms with Gasteiger partial charge in [0.15, 0.2) is 0 Å². The van der Waals surface area contributed by atoms with Gasteiger partial charge in [0.2, 0.25) is 0 Å². The molecule has 0 saturated heterocycles. The summed E-state index contributed by atoms with van der Waals surface area (Å²) in [6, 6.07) is 6.26. The van der Waals surface area contributed by atoms with Gasteiger partial charge in [-0.05, 0) is 44.0 Å². The minimum absolute atomic E-state index is 0.443. The summed E-state index contributed by atoms with van der Waals surface area (Å²) in [6.45, 7) is 5.89. The lowest BCUT2D eigenvalue weighted by atomic mass is 10.1. The molecule has 0 heterocycles. The van der Waals surface area contributed by atoms with Gasteiger partial charge >= 0.3 is 0 Å². The highest BCUT2D eigenvalue weighted by atomic mass is 16.3. The van der Waals surface area contributed by atoms with Crippen molar-refractivity contribution in [1.29, 1.82) is 0 Å². The molecule has 1 aromatic rings. The molecule has 0 aliphatic carbocycles. The Kier molecular flexibility index (Phi) is 2.94. The minimum Gasteiger partial charge on any atom is -0.374 e. The summed E-state index contributed by atoms with van der Waals surface area (Å²) >= 11 is 0. The van der Waals surface area contributed by atoms with Crippen molar-refractivity contribution in [2.45, 2.75) is 27.0 Å². The molecule has 0 saturated carbocycles. The third kappa shape index (κ3) is 2.46. The van der Waals surface area contributed by atoms with Gasteiger partial charge in [-0.15, -0.1) is 0 Å². The van der Waals surface area contributed by atoms with Crippen molar-refractivity contribution >= 4 is 5.69 Å². The van der Waals surface area contributed by atoms with Gasteiger partial charge in [0.25, 0.3) is 0 Å². The van der Waals surface area contributed by atoms with Crippen LogP contribution in [0.2, 0.25) is 0 Å². The second-order valence-electron chi connectivity index (χ2n) is 3.59. The largest absolute Gasteiger partial charge is 0.374 e. The van der Waals surface area contributed by atoms with E-state index >= 15 is 0 Å². The fourth-order valence-corrected chi connectivity index (χ4v) is 1.37. The Labute approximate surface area is 79.8 Å². The molecule has 0 amide bonds. The Morgan fingerprint density at radius 1 is 1.15 bits per heavy atom. The Morgan fingerprint density at radius 3 is 2.00 bits per heavy atom. The van der Waals surface area contributed by atoms with Crippen LogP contribution in [0.25, 0.3) is 0 Å². The van der Waals surface area contributed by atoms with E-state index in [1.54, 1.807) is 6.92 Å². The third-order valence-electron chi connectivity index (χ3n) is 2.17. The molecule has 1 N–H and O–H groups in total. The molecule has 0 spiro atoms. The van der Waals surface area contributed by atoms with E-state index in [9.17, 15) is 5.11 Å². The number of anilines is 1. The number of hydrogen-bond acceptors (Lipinski definition) is 2. The van der Waals surface area contributed by atoms with Gasteiger partial charge in [-0.3, -0.25) is 0 Å². The molecule has 2 heteroatoms. The van der Waals surface area contributed by atoms with Crippen LogP contribution in [0.1, 0.15) is 18.1 Å². The van der Waals surface area contributed by atoms with E-state index in [4.69, 9.17) is 0 Å². The Balaban J connectivity index is 3.01. The molecule has 2 nitrogen and oxygen atoms in total. The topological polar surface area (TPSA) is 23.5 Å². The van der Waals surface area contributed by atoms with Gasteiger partial charge in [0.05, 0.1) is 0 Å². The van der Waals surface area contributed by atoms with Crippen molar-refractivity contribution in [3.8, 4) is 0 Å². The zero-order valence-electron chi connectivity index (χ0n) is 8.70. The normalized spacial score (nSPS) is 12.7. The van der Waals surface area contributed by atoms with Crippen LogP contribution in [-0.4, -0.2) is 18.4 Å². The lowest BCUT2D eigenvalue weighted by Crippen LogP contribution is -2.28. The minimum atomic E-state index is -0.443. The summed E-state index contributed by atoms with van der Waals surface area (Å²) in [4.78, 5) is 1.85. The molecule has 1 atom stereocenters. The van der Waals surface area contributed by atoms with Crippen LogP contribution in [0.4, 0.5) is 5.69 Å². The zero-order valence-corrected chi connectivity index (χ0v) is 8.70. The van der Waals surface area contributed by atoms with Gasteiger partial charge in [-0.25, -0.2) is 0 Å². The molecule has 13 heavy (non-hydrogen) atoms. The van der Waals surface area contributed by atoms with E-state index in [0.717, 1.165) is 5.69 Å². The van der Waals surface area contributed by atoms with Crippen LogP contribution in [0, 0.1) is 13.8 Å². The first-order valence-corrected chi connectivity index (χ1v) is 4.50. The molecular formula is C11H17NO. The van der Waals surface area contributed by atoms with E-state index in [-0.39, 0.29) is 0 Å². The Bertz CT molecular complexity index is 274. The van der Waals surface area contributed by atoms with Gasteiger partial charge < -0.3 is 10.0 Å². The van der Waals surface area contributed by atoms with Crippen molar-refractivity contribution < 1.29 is 5.11 Å². The van der Waals surface area contributed by atoms with Gasteiger partial charge in [0.1, 0.15) is 6.23 Å². The van der Waals surface area contributed by atoms with Gasteiger partial charge in [-0.2, -0.15) is 0 Å². The molecule has 0 aliphatic rings. The van der Waals surface area contributed by atoms with E-state index in [2.05, 4.69) is 32.0 Å². The number of rotatable bonds is 2. The van der Waals surface area contributed by atoms with Crippen molar-refractivity contribution in [3.05, 3.63) is 29.3 Å². The van der Waals surface area contributed by atoms with Crippen molar-refractivity contribution in [1.82, 2.24) is 0 Å². The number of aliphatic hydroxyl groups is 1. The average Bonchev–Trinajstić information content (AvgIpc) is 2.01. The summed E-state index contributed by atoms with van der Waals surface area (Å²) in [6.07, 6.45) is -0.443. The summed E-state index contributed by atoms with van der Waals surface area (Å²) in [5.41, 5.74) is 3.51. The van der Waals surface area contributed by atoms with E-state index < -0.39 is 6.23 Å². The van der Waals surface area contributed by atoms with E-state index in [0.29, 0.717) is 0 Å². The lowest BCUT2D eigenvalue weighted by molar-refractivity contribution is 0.195.